The lowest BCUT2D eigenvalue weighted by atomic mass is 10.2. The molecule has 29 heavy (non-hydrogen) atoms. The number of ether oxygens (including phenoxy) is 1. The van der Waals surface area contributed by atoms with Gasteiger partial charge < -0.3 is 10.1 Å². The van der Waals surface area contributed by atoms with Gasteiger partial charge in [0.05, 0.1) is 12.3 Å². The summed E-state index contributed by atoms with van der Waals surface area (Å²) in [6, 6.07) is 6.76. The highest BCUT2D eigenvalue weighted by Crippen LogP contribution is 2.21. The van der Waals surface area contributed by atoms with Crippen molar-refractivity contribution in [2.75, 3.05) is 6.61 Å². The van der Waals surface area contributed by atoms with Crippen LogP contribution in [0, 0.1) is 5.82 Å². The summed E-state index contributed by atoms with van der Waals surface area (Å²) >= 11 is 0. The van der Waals surface area contributed by atoms with Crippen molar-refractivity contribution in [1.82, 2.24) is 15.1 Å². The molecule has 0 fully saturated rings. The Morgan fingerprint density at radius 1 is 1.24 bits per heavy atom. The Balaban J connectivity index is 1.84. The average Bonchev–Trinajstić information content (AvgIpc) is 3.11. The Bertz CT molecular complexity index is 814. The first-order valence-electron chi connectivity index (χ1n) is 10.4. The first kappa shape index (κ1) is 22.7. The zero-order valence-corrected chi connectivity index (χ0v) is 17.7. The van der Waals surface area contributed by atoms with E-state index in [0.717, 1.165) is 31.4 Å². The third-order valence-corrected chi connectivity index (χ3v) is 4.67. The van der Waals surface area contributed by atoms with Gasteiger partial charge in [-0.05, 0) is 37.8 Å². The molecule has 0 radical (unpaired) electrons. The second-order valence-electron chi connectivity index (χ2n) is 7.01. The summed E-state index contributed by atoms with van der Waals surface area (Å²) in [5, 5.41) is 7.02. The molecule has 158 valence electrons. The van der Waals surface area contributed by atoms with Crippen LogP contribution in [0.25, 0.3) is 0 Å². The van der Waals surface area contributed by atoms with Gasteiger partial charge in [0.1, 0.15) is 5.69 Å². The Morgan fingerprint density at radius 3 is 2.69 bits per heavy atom. The predicted molar refractivity (Wildman–Crippen MR) is 114 cm³/mol. The van der Waals surface area contributed by atoms with Crippen LogP contribution >= 0.6 is 0 Å². The van der Waals surface area contributed by atoms with E-state index in [2.05, 4.69) is 29.5 Å². The number of rotatable bonds is 12. The quantitative estimate of drug-likeness (QED) is 0.404. The second kappa shape index (κ2) is 12.0. The van der Waals surface area contributed by atoms with Crippen molar-refractivity contribution in [3.8, 4) is 5.75 Å². The van der Waals surface area contributed by atoms with Crippen LogP contribution < -0.4 is 10.1 Å². The van der Waals surface area contributed by atoms with Gasteiger partial charge in [-0.2, -0.15) is 5.10 Å². The number of carbonyl (C=O) groups is 1. The maximum absolute atomic E-state index is 14.7. The van der Waals surface area contributed by atoms with Gasteiger partial charge in [-0.1, -0.05) is 51.0 Å². The van der Waals surface area contributed by atoms with Crippen molar-refractivity contribution in [3.63, 3.8) is 0 Å². The van der Waals surface area contributed by atoms with E-state index < -0.39 is 5.82 Å². The second-order valence-corrected chi connectivity index (χ2v) is 7.01. The highest BCUT2D eigenvalue weighted by atomic mass is 19.1. The lowest BCUT2D eigenvalue weighted by molar-refractivity contribution is 0.0941. The summed E-state index contributed by atoms with van der Waals surface area (Å²) in [4.78, 5) is 12.4. The third kappa shape index (κ3) is 7.04. The molecule has 5 nitrogen and oxygen atoms in total. The maximum atomic E-state index is 14.7. The molecule has 0 spiro atoms. The lowest BCUT2D eigenvalue weighted by Crippen LogP contribution is -2.25. The fraction of sp³-hybridized carbons (Fsp3) is 0.478. The van der Waals surface area contributed by atoms with Crippen molar-refractivity contribution < 1.29 is 13.9 Å². The van der Waals surface area contributed by atoms with Crippen molar-refractivity contribution in [2.24, 2.45) is 7.05 Å². The van der Waals surface area contributed by atoms with Crippen LogP contribution in [0.5, 0.6) is 5.75 Å². The number of halogens is 1. The third-order valence-electron chi connectivity index (χ3n) is 4.67. The number of allylic oxidation sites excluding steroid dienone is 2. The van der Waals surface area contributed by atoms with Crippen LogP contribution in [-0.2, 0) is 20.0 Å². The molecule has 1 amide bonds. The molecule has 0 aliphatic heterocycles. The van der Waals surface area contributed by atoms with E-state index in [-0.39, 0.29) is 18.2 Å². The topological polar surface area (TPSA) is 56.1 Å². The first-order chi connectivity index (χ1) is 14.1. The molecule has 1 aromatic heterocycles. The maximum Gasteiger partial charge on any atom is 0.269 e. The molecule has 2 aromatic rings. The normalized spacial score (nSPS) is 11.2. The molecule has 0 saturated carbocycles. The SMILES string of the molecule is CCCCC=CCCCOc1cccc(CNC(=O)c2cc(CC)nn2C)c1F. The first-order valence-corrected chi connectivity index (χ1v) is 10.4. The van der Waals surface area contributed by atoms with Gasteiger partial charge in [0.15, 0.2) is 11.6 Å². The summed E-state index contributed by atoms with van der Waals surface area (Å²) in [6.07, 6.45) is 10.4. The molecule has 0 unspecified atom stereocenters. The lowest BCUT2D eigenvalue weighted by Gasteiger charge is -2.11. The van der Waals surface area contributed by atoms with Crippen molar-refractivity contribution >= 4 is 5.91 Å². The molecular weight excluding hydrogens is 369 g/mol. The van der Waals surface area contributed by atoms with E-state index in [1.165, 1.54) is 12.8 Å². The fourth-order valence-electron chi connectivity index (χ4n) is 2.92. The monoisotopic (exact) mass is 401 g/mol. The summed E-state index contributed by atoms with van der Waals surface area (Å²) in [5.41, 5.74) is 1.70. The molecule has 1 aromatic carbocycles. The summed E-state index contributed by atoms with van der Waals surface area (Å²) < 4.78 is 21.8. The minimum Gasteiger partial charge on any atom is -0.490 e. The van der Waals surface area contributed by atoms with Gasteiger partial charge in [-0.15, -0.1) is 0 Å². The average molecular weight is 402 g/mol. The molecular formula is C23H32FN3O2. The van der Waals surface area contributed by atoms with Crippen LogP contribution in [0.15, 0.2) is 36.4 Å². The smallest absolute Gasteiger partial charge is 0.269 e. The molecule has 0 bridgehead atoms. The summed E-state index contributed by atoms with van der Waals surface area (Å²) in [6.45, 7) is 4.71. The number of nitrogens with zero attached hydrogens (tertiary/aromatic N) is 2. The number of unbranched alkanes of at least 4 members (excludes halogenated alkanes) is 3. The molecule has 0 saturated heterocycles. The predicted octanol–water partition coefficient (Wildman–Crippen LogP) is 4.96. The Kier molecular flexibility index (Phi) is 9.41. The number of carbonyl (C=O) groups excluding carboxylic acids is 1. The van der Waals surface area contributed by atoms with E-state index in [9.17, 15) is 9.18 Å². The van der Waals surface area contributed by atoms with Gasteiger partial charge >= 0.3 is 0 Å². The summed E-state index contributed by atoms with van der Waals surface area (Å²) in [7, 11) is 1.72. The number of aryl methyl sites for hydroxylation is 2. The van der Waals surface area contributed by atoms with Crippen molar-refractivity contribution in [1.29, 1.82) is 0 Å². The molecule has 0 atom stereocenters. The molecule has 6 heteroatoms. The molecule has 2 rings (SSSR count). The molecule has 0 aliphatic carbocycles. The number of aromatic nitrogens is 2. The molecule has 0 aliphatic rings. The highest BCUT2D eigenvalue weighted by molar-refractivity contribution is 5.92. The van der Waals surface area contributed by atoms with E-state index in [0.29, 0.717) is 17.9 Å². The van der Waals surface area contributed by atoms with Gasteiger partial charge in [0, 0.05) is 19.2 Å². The molecule has 1 N–H and O–H groups in total. The standard InChI is InChI=1S/C23H32FN3O2/c1-4-6-7-8-9-10-11-15-29-21-14-12-13-18(22(21)24)17-25-23(28)20-16-19(5-2)26-27(20)3/h8-9,12-14,16H,4-7,10-11,15,17H2,1-3H3,(H,25,28). The van der Waals surface area contributed by atoms with Gasteiger partial charge in [-0.3, -0.25) is 9.48 Å². The van der Waals surface area contributed by atoms with Gasteiger partial charge in [0.2, 0.25) is 0 Å². The number of nitrogens with one attached hydrogen (secondary N) is 1. The van der Waals surface area contributed by atoms with Crippen LogP contribution in [-0.4, -0.2) is 22.3 Å². The van der Waals surface area contributed by atoms with Crippen LogP contribution in [0.1, 0.15) is 67.7 Å². The fourth-order valence-corrected chi connectivity index (χ4v) is 2.92. The largest absolute Gasteiger partial charge is 0.490 e. The van der Waals surface area contributed by atoms with Crippen LogP contribution in [0.4, 0.5) is 4.39 Å². The Labute approximate surface area is 173 Å². The zero-order chi connectivity index (χ0) is 21.1. The number of hydrogen-bond donors (Lipinski definition) is 1. The van der Waals surface area contributed by atoms with E-state index in [1.807, 2.05) is 6.92 Å². The van der Waals surface area contributed by atoms with E-state index in [1.54, 1.807) is 36.0 Å². The van der Waals surface area contributed by atoms with E-state index in [4.69, 9.17) is 4.74 Å². The van der Waals surface area contributed by atoms with E-state index >= 15 is 0 Å². The van der Waals surface area contributed by atoms with Crippen LogP contribution in [0.2, 0.25) is 0 Å². The highest BCUT2D eigenvalue weighted by Gasteiger charge is 2.14. The minimum absolute atomic E-state index is 0.0919. The number of hydrogen-bond acceptors (Lipinski definition) is 3. The van der Waals surface area contributed by atoms with Crippen LogP contribution in [0.3, 0.4) is 0 Å². The van der Waals surface area contributed by atoms with Crippen molar-refractivity contribution in [2.45, 2.75) is 58.9 Å². The van der Waals surface area contributed by atoms with Gasteiger partial charge in [-0.25, -0.2) is 4.39 Å². The Hall–Kier alpha value is -2.63. The Morgan fingerprint density at radius 2 is 2.00 bits per heavy atom. The van der Waals surface area contributed by atoms with Crippen molar-refractivity contribution in [3.05, 3.63) is 59.2 Å². The van der Waals surface area contributed by atoms with Gasteiger partial charge in [0.25, 0.3) is 5.91 Å². The zero-order valence-electron chi connectivity index (χ0n) is 17.7. The number of benzene rings is 1. The summed E-state index contributed by atoms with van der Waals surface area (Å²) in [5.74, 6) is -0.480. The number of amides is 1. The molecule has 1 heterocycles. The minimum atomic E-state index is -0.425.